The van der Waals surface area contributed by atoms with E-state index in [0.717, 1.165) is 16.5 Å². The fraction of sp³-hybridized carbons (Fsp3) is 0.250. The number of anilines is 1. The van der Waals surface area contributed by atoms with Gasteiger partial charge in [0.25, 0.3) is 5.91 Å². The van der Waals surface area contributed by atoms with Crippen molar-refractivity contribution in [1.29, 1.82) is 0 Å². The predicted molar refractivity (Wildman–Crippen MR) is 105 cm³/mol. The van der Waals surface area contributed by atoms with Crippen molar-refractivity contribution in [1.82, 2.24) is 15.3 Å². The highest BCUT2D eigenvalue weighted by Crippen LogP contribution is 2.19. The lowest BCUT2D eigenvalue weighted by atomic mass is 10.0. The highest BCUT2D eigenvalue weighted by molar-refractivity contribution is 6.01. The van der Waals surface area contributed by atoms with Crippen molar-refractivity contribution >= 4 is 28.5 Å². The van der Waals surface area contributed by atoms with Crippen molar-refractivity contribution in [2.75, 3.05) is 5.32 Å². The minimum absolute atomic E-state index is 0.115. The second-order valence-electron chi connectivity index (χ2n) is 6.69. The predicted octanol–water partition coefficient (Wildman–Crippen LogP) is 2.21. The van der Waals surface area contributed by atoms with Crippen LogP contribution in [-0.4, -0.2) is 33.9 Å². The molecule has 5 N–H and O–H groups in total. The van der Waals surface area contributed by atoms with Crippen LogP contribution in [0, 0.1) is 0 Å². The normalized spacial score (nSPS) is 12.1. The highest BCUT2D eigenvalue weighted by atomic mass is 16.2. The van der Waals surface area contributed by atoms with Gasteiger partial charge in [0, 0.05) is 35.8 Å². The Hall–Kier alpha value is -3.35. The highest BCUT2D eigenvalue weighted by Gasteiger charge is 2.22. The minimum atomic E-state index is -0.830. The number of H-pyrrole nitrogens is 1. The summed E-state index contributed by atoms with van der Waals surface area (Å²) < 4.78 is 0. The number of para-hydroxylation sites is 1. The van der Waals surface area contributed by atoms with Crippen LogP contribution in [0.1, 0.15) is 29.8 Å². The number of benzene rings is 1. The van der Waals surface area contributed by atoms with Gasteiger partial charge in [-0.3, -0.25) is 9.59 Å². The van der Waals surface area contributed by atoms with Gasteiger partial charge in [0.05, 0.1) is 5.56 Å². The molecule has 0 bridgehead atoms. The summed E-state index contributed by atoms with van der Waals surface area (Å²) >= 11 is 0. The lowest BCUT2D eigenvalue weighted by Crippen LogP contribution is -2.46. The number of nitrogens with two attached hydrogens (primary N) is 1. The van der Waals surface area contributed by atoms with Crippen LogP contribution >= 0.6 is 0 Å². The second-order valence-corrected chi connectivity index (χ2v) is 6.69. The third-order valence-corrected chi connectivity index (χ3v) is 4.23. The van der Waals surface area contributed by atoms with E-state index in [2.05, 4.69) is 20.6 Å². The number of pyridine rings is 1. The Morgan fingerprint density at radius 3 is 2.70 bits per heavy atom. The van der Waals surface area contributed by atoms with Crippen molar-refractivity contribution in [3.8, 4) is 0 Å². The van der Waals surface area contributed by atoms with Crippen molar-refractivity contribution < 1.29 is 9.59 Å². The third-order valence-electron chi connectivity index (χ3n) is 4.23. The van der Waals surface area contributed by atoms with Gasteiger partial charge in [0.15, 0.2) is 0 Å². The van der Waals surface area contributed by atoms with Crippen molar-refractivity contribution in [2.24, 2.45) is 5.73 Å². The number of primary amides is 1. The van der Waals surface area contributed by atoms with Gasteiger partial charge in [-0.15, -0.1) is 0 Å². The average molecular weight is 365 g/mol. The van der Waals surface area contributed by atoms with E-state index < -0.39 is 17.9 Å². The van der Waals surface area contributed by atoms with E-state index >= 15 is 0 Å². The van der Waals surface area contributed by atoms with Crippen LogP contribution in [0.15, 0.2) is 48.8 Å². The molecule has 0 unspecified atom stereocenters. The SMILES string of the molecule is CC(C)Nc1ncccc1C(=O)N[C@@H](Cc1c[nH]c2ccccc12)C(N)=O. The maximum absolute atomic E-state index is 12.7. The summed E-state index contributed by atoms with van der Waals surface area (Å²) in [5.41, 5.74) is 7.81. The Balaban J connectivity index is 1.81. The minimum Gasteiger partial charge on any atom is -0.368 e. The van der Waals surface area contributed by atoms with E-state index in [1.54, 1.807) is 18.3 Å². The molecule has 7 heteroatoms. The average Bonchev–Trinajstić information content (AvgIpc) is 3.04. The molecule has 0 saturated heterocycles. The van der Waals surface area contributed by atoms with E-state index in [-0.39, 0.29) is 6.04 Å². The molecule has 0 saturated carbocycles. The standard InChI is InChI=1S/C20H23N5O2/c1-12(2)24-19-15(7-5-9-22-19)20(27)25-17(18(21)26)10-13-11-23-16-8-4-3-6-14(13)16/h3-9,11-12,17,23H,10H2,1-2H3,(H2,21,26)(H,22,24)(H,25,27)/t17-/m0/s1. The first-order valence-corrected chi connectivity index (χ1v) is 8.82. The number of fused-ring (bicyclic) bond motifs is 1. The van der Waals surface area contributed by atoms with Gasteiger partial charge in [0.2, 0.25) is 5.91 Å². The third kappa shape index (κ3) is 4.25. The number of aromatic amines is 1. The molecule has 0 fully saturated rings. The first-order valence-electron chi connectivity index (χ1n) is 8.82. The molecule has 140 valence electrons. The summed E-state index contributed by atoms with van der Waals surface area (Å²) in [5.74, 6) is -0.508. The van der Waals surface area contributed by atoms with Crippen LogP contribution in [0.5, 0.6) is 0 Å². The lowest BCUT2D eigenvalue weighted by Gasteiger charge is -2.17. The number of nitrogens with one attached hydrogen (secondary N) is 3. The zero-order valence-electron chi connectivity index (χ0n) is 15.3. The first-order chi connectivity index (χ1) is 13.0. The van der Waals surface area contributed by atoms with E-state index in [0.29, 0.717) is 17.8 Å². The van der Waals surface area contributed by atoms with Gasteiger partial charge >= 0.3 is 0 Å². The van der Waals surface area contributed by atoms with Gasteiger partial charge in [-0.05, 0) is 37.6 Å². The van der Waals surface area contributed by atoms with Gasteiger partial charge in [0.1, 0.15) is 11.9 Å². The number of hydrogen-bond donors (Lipinski definition) is 4. The summed E-state index contributed by atoms with van der Waals surface area (Å²) in [6.07, 6.45) is 3.75. The van der Waals surface area contributed by atoms with Crippen LogP contribution in [-0.2, 0) is 11.2 Å². The largest absolute Gasteiger partial charge is 0.368 e. The molecular weight excluding hydrogens is 342 g/mol. The zero-order chi connectivity index (χ0) is 19.4. The van der Waals surface area contributed by atoms with Crippen LogP contribution in [0.25, 0.3) is 10.9 Å². The van der Waals surface area contributed by atoms with Gasteiger partial charge in [-0.2, -0.15) is 0 Å². The number of hydrogen-bond acceptors (Lipinski definition) is 4. The topological polar surface area (TPSA) is 113 Å². The summed E-state index contributed by atoms with van der Waals surface area (Å²) in [7, 11) is 0. The second kappa shape index (κ2) is 7.90. The van der Waals surface area contributed by atoms with Crippen LogP contribution in [0.3, 0.4) is 0 Å². The summed E-state index contributed by atoms with van der Waals surface area (Å²) in [4.78, 5) is 32.1. The van der Waals surface area contributed by atoms with Gasteiger partial charge in [-0.25, -0.2) is 4.98 Å². The molecule has 0 spiro atoms. The Morgan fingerprint density at radius 2 is 1.96 bits per heavy atom. The molecule has 2 aromatic heterocycles. The van der Waals surface area contributed by atoms with Crippen molar-refractivity contribution in [2.45, 2.75) is 32.4 Å². The Morgan fingerprint density at radius 1 is 1.19 bits per heavy atom. The zero-order valence-corrected chi connectivity index (χ0v) is 15.3. The number of rotatable bonds is 7. The molecule has 2 amide bonds. The van der Waals surface area contributed by atoms with Gasteiger partial charge in [-0.1, -0.05) is 18.2 Å². The molecule has 0 radical (unpaired) electrons. The fourth-order valence-electron chi connectivity index (χ4n) is 2.96. The maximum atomic E-state index is 12.7. The summed E-state index contributed by atoms with van der Waals surface area (Å²) in [5, 5.41) is 6.88. The molecule has 27 heavy (non-hydrogen) atoms. The Kier molecular flexibility index (Phi) is 5.40. The number of aromatic nitrogens is 2. The molecule has 0 aliphatic heterocycles. The molecule has 3 rings (SSSR count). The lowest BCUT2D eigenvalue weighted by molar-refractivity contribution is -0.119. The smallest absolute Gasteiger partial charge is 0.255 e. The molecule has 0 aliphatic carbocycles. The summed E-state index contributed by atoms with van der Waals surface area (Å²) in [6, 6.07) is 10.4. The van der Waals surface area contributed by atoms with Crippen LogP contribution in [0.4, 0.5) is 5.82 Å². The fourth-order valence-corrected chi connectivity index (χ4v) is 2.96. The summed E-state index contributed by atoms with van der Waals surface area (Å²) in [6.45, 7) is 3.92. The quantitative estimate of drug-likeness (QED) is 0.514. The molecule has 7 nitrogen and oxygen atoms in total. The molecule has 1 atom stereocenters. The molecule has 3 aromatic rings. The molecule has 0 aliphatic rings. The van der Waals surface area contributed by atoms with E-state index in [1.807, 2.05) is 44.3 Å². The monoisotopic (exact) mass is 365 g/mol. The first kappa shape index (κ1) is 18.4. The number of carbonyl (C=O) groups is 2. The molecule has 2 heterocycles. The molecular formula is C20H23N5O2. The number of amides is 2. The number of carbonyl (C=O) groups excluding carboxylic acids is 2. The van der Waals surface area contributed by atoms with Crippen LogP contribution < -0.4 is 16.4 Å². The van der Waals surface area contributed by atoms with Gasteiger partial charge < -0.3 is 21.4 Å². The Labute approximate surface area is 157 Å². The Bertz CT molecular complexity index is 964. The maximum Gasteiger partial charge on any atom is 0.255 e. The van der Waals surface area contributed by atoms with E-state index in [9.17, 15) is 9.59 Å². The van der Waals surface area contributed by atoms with Crippen LogP contribution in [0.2, 0.25) is 0 Å². The van der Waals surface area contributed by atoms with E-state index in [4.69, 9.17) is 5.73 Å². The van der Waals surface area contributed by atoms with Crippen molar-refractivity contribution in [3.05, 3.63) is 59.9 Å². The number of nitrogens with zero attached hydrogens (tertiary/aromatic N) is 1. The van der Waals surface area contributed by atoms with Crippen molar-refractivity contribution in [3.63, 3.8) is 0 Å². The van der Waals surface area contributed by atoms with E-state index in [1.165, 1.54) is 0 Å². The molecule has 1 aromatic carbocycles.